The summed E-state index contributed by atoms with van der Waals surface area (Å²) in [5, 5.41) is 6.49. The Morgan fingerprint density at radius 2 is 1.68 bits per heavy atom. The van der Waals surface area contributed by atoms with Crippen LogP contribution >= 0.6 is 0 Å². The molecule has 0 N–H and O–H groups in total. The number of hydrogen-bond donors (Lipinski definition) is 0. The Kier molecular flexibility index (Phi) is 4.92. The average Bonchev–Trinajstić information content (AvgIpc) is 3.30. The standard InChI is InChI=1S/C17H19F3N4O3S/c18-17(19,20)16-22-21-15(27-16)10-23-6-13-8-24(9-14(13)7-23)28(25,26)11-12-4-2-1-3-5-12/h1-5,13-14H,6-11H2. The number of nitrogens with zero attached hydrogens (tertiary/aromatic N) is 4. The zero-order valence-electron chi connectivity index (χ0n) is 14.8. The number of hydrogen-bond acceptors (Lipinski definition) is 6. The summed E-state index contributed by atoms with van der Waals surface area (Å²) in [5.41, 5.74) is 0.748. The minimum atomic E-state index is -4.65. The van der Waals surface area contributed by atoms with Crippen molar-refractivity contribution < 1.29 is 26.0 Å². The molecule has 28 heavy (non-hydrogen) atoms. The molecule has 3 heterocycles. The highest BCUT2D eigenvalue weighted by atomic mass is 32.2. The number of fused-ring (bicyclic) bond motifs is 1. The van der Waals surface area contributed by atoms with Gasteiger partial charge in [-0.15, -0.1) is 10.2 Å². The first-order chi connectivity index (χ1) is 13.2. The van der Waals surface area contributed by atoms with Crippen molar-refractivity contribution in [2.45, 2.75) is 18.5 Å². The predicted octanol–water partition coefficient (Wildman–Crippen LogP) is 1.98. The van der Waals surface area contributed by atoms with Gasteiger partial charge in [0.15, 0.2) is 0 Å². The molecule has 2 unspecified atom stereocenters. The number of rotatable bonds is 5. The van der Waals surface area contributed by atoms with E-state index in [0.29, 0.717) is 26.2 Å². The Morgan fingerprint density at radius 1 is 1.04 bits per heavy atom. The molecule has 1 aromatic carbocycles. The summed E-state index contributed by atoms with van der Waals surface area (Å²) in [4.78, 5) is 1.93. The van der Waals surface area contributed by atoms with Crippen LogP contribution in [0.1, 0.15) is 17.3 Å². The summed E-state index contributed by atoms with van der Waals surface area (Å²) in [6, 6.07) is 9.03. The third kappa shape index (κ3) is 4.06. The molecule has 152 valence electrons. The lowest BCUT2D eigenvalue weighted by Crippen LogP contribution is -2.34. The van der Waals surface area contributed by atoms with E-state index < -0.39 is 22.1 Å². The fourth-order valence-corrected chi connectivity index (χ4v) is 5.54. The summed E-state index contributed by atoms with van der Waals surface area (Å²) < 4.78 is 69.2. The van der Waals surface area contributed by atoms with E-state index in [2.05, 4.69) is 14.6 Å². The Labute approximate surface area is 160 Å². The van der Waals surface area contributed by atoms with E-state index in [0.717, 1.165) is 5.56 Å². The largest absolute Gasteiger partial charge is 0.470 e. The minimum Gasteiger partial charge on any atom is -0.416 e. The van der Waals surface area contributed by atoms with Crippen LogP contribution in [0.25, 0.3) is 0 Å². The Balaban J connectivity index is 1.34. The van der Waals surface area contributed by atoms with Gasteiger partial charge in [-0.2, -0.15) is 13.2 Å². The molecule has 0 aliphatic carbocycles. The highest BCUT2D eigenvalue weighted by Crippen LogP contribution is 2.34. The molecule has 11 heteroatoms. The monoisotopic (exact) mass is 416 g/mol. The summed E-state index contributed by atoms with van der Waals surface area (Å²) in [6.07, 6.45) is -4.65. The summed E-state index contributed by atoms with van der Waals surface area (Å²) in [7, 11) is -3.40. The molecule has 0 saturated carbocycles. The van der Waals surface area contributed by atoms with Gasteiger partial charge in [0.2, 0.25) is 15.9 Å². The third-order valence-electron chi connectivity index (χ3n) is 5.18. The molecule has 2 saturated heterocycles. The second-order valence-corrected chi connectivity index (χ2v) is 9.24. The van der Waals surface area contributed by atoms with Crippen LogP contribution in [0.2, 0.25) is 0 Å². The van der Waals surface area contributed by atoms with Crippen molar-refractivity contribution in [1.29, 1.82) is 0 Å². The minimum absolute atomic E-state index is 0.0286. The lowest BCUT2D eigenvalue weighted by Gasteiger charge is -2.20. The molecule has 7 nitrogen and oxygen atoms in total. The predicted molar refractivity (Wildman–Crippen MR) is 92.2 cm³/mol. The van der Waals surface area contributed by atoms with Crippen molar-refractivity contribution in [1.82, 2.24) is 19.4 Å². The lowest BCUT2D eigenvalue weighted by molar-refractivity contribution is -0.157. The van der Waals surface area contributed by atoms with Gasteiger partial charge in [-0.3, -0.25) is 4.90 Å². The number of likely N-dealkylation sites (tertiary alicyclic amines) is 1. The van der Waals surface area contributed by atoms with E-state index >= 15 is 0 Å². The summed E-state index contributed by atoms with van der Waals surface area (Å²) in [6.45, 7) is 2.16. The van der Waals surface area contributed by atoms with E-state index in [4.69, 9.17) is 0 Å². The topological polar surface area (TPSA) is 79.5 Å². The third-order valence-corrected chi connectivity index (χ3v) is 6.96. The van der Waals surface area contributed by atoms with Crippen LogP contribution in [-0.2, 0) is 28.5 Å². The lowest BCUT2D eigenvalue weighted by atomic mass is 10.0. The molecule has 2 aliphatic heterocycles. The fourth-order valence-electron chi connectivity index (χ4n) is 3.90. The van der Waals surface area contributed by atoms with Gasteiger partial charge in [-0.1, -0.05) is 30.3 Å². The molecule has 2 fully saturated rings. The number of halogens is 3. The maximum atomic E-state index is 12.7. The summed E-state index contributed by atoms with van der Waals surface area (Å²) >= 11 is 0. The first-order valence-corrected chi connectivity index (χ1v) is 10.5. The Bertz CT molecular complexity index is 919. The molecule has 2 aromatic rings. The fraction of sp³-hybridized carbons (Fsp3) is 0.529. The molecular weight excluding hydrogens is 397 g/mol. The molecular formula is C17H19F3N4O3S. The molecule has 2 atom stereocenters. The van der Waals surface area contributed by atoms with Gasteiger partial charge in [-0.05, 0) is 17.4 Å². The highest BCUT2D eigenvalue weighted by Gasteiger charge is 2.44. The second kappa shape index (κ2) is 7.12. The maximum Gasteiger partial charge on any atom is 0.470 e. The highest BCUT2D eigenvalue weighted by molar-refractivity contribution is 7.88. The van der Waals surface area contributed by atoms with E-state index in [9.17, 15) is 21.6 Å². The van der Waals surface area contributed by atoms with Gasteiger partial charge in [0.05, 0.1) is 12.3 Å². The molecule has 0 bridgehead atoms. The van der Waals surface area contributed by atoms with Gasteiger partial charge in [-0.25, -0.2) is 12.7 Å². The first-order valence-electron chi connectivity index (χ1n) is 8.84. The van der Waals surface area contributed by atoms with Crippen molar-refractivity contribution in [3.8, 4) is 0 Å². The zero-order chi connectivity index (χ0) is 19.9. The number of alkyl halides is 3. The van der Waals surface area contributed by atoms with Crippen LogP contribution in [0.15, 0.2) is 34.7 Å². The SMILES string of the molecule is O=S(=O)(Cc1ccccc1)N1CC2CN(Cc3nnc(C(F)(F)F)o3)CC2C1. The van der Waals surface area contributed by atoms with E-state index in [1.165, 1.54) is 4.31 Å². The van der Waals surface area contributed by atoms with Gasteiger partial charge in [0.25, 0.3) is 0 Å². The van der Waals surface area contributed by atoms with E-state index in [1.54, 1.807) is 12.1 Å². The van der Waals surface area contributed by atoms with Crippen LogP contribution in [0.5, 0.6) is 0 Å². The average molecular weight is 416 g/mol. The maximum absolute atomic E-state index is 12.7. The van der Waals surface area contributed by atoms with Crippen LogP contribution in [0.4, 0.5) is 13.2 Å². The van der Waals surface area contributed by atoms with E-state index in [1.807, 2.05) is 23.1 Å². The number of benzene rings is 1. The number of aromatic nitrogens is 2. The van der Waals surface area contributed by atoms with Crippen molar-refractivity contribution in [2.24, 2.45) is 11.8 Å². The second-order valence-electron chi connectivity index (χ2n) is 7.27. The van der Waals surface area contributed by atoms with E-state index in [-0.39, 0.29) is 30.0 Å². The normalized spacial score (nSPS) is 24.0. The molecule has 0 spiro atoms. The smallest absolute Gasteiger partial charge is 0.416 e. The molecule has 4 rings (SSSR count). The number of sulfonamides is 1. The van der Waals surface area contributed by atoms with Gasteiger partial charge in [0, 0.05) is 26.2 Å². The van der Waals surface area contributed by atoms with Gasteiger partial charge >= 0.3 is 12.1 Å². The Morgan fingerprint density at radius 3 is 2.25 bits per heavy atom. The van der Waals surface area contributed by atoms with Crippen molar-refractivity contribution in [2.75, 3.05) is 26.2 Å². The van der Waals surface area contributed by atoms with Crippen molar-refractivity contribution >= 4 is 10.0 Å². The molecule has 0 radical (unpaired) electrons. The molecule has 1 aromatic heterocycles. The molecule has 2 aliphatic rings. The van der Waals surface area contributed by atoms with Crippen molar-refractivity contribution in [3.63, 3.8) is 0 Å². The first kappa shape index (κ1) is 19.3. The zero-order valence-corrected chi connectivity index (χ0v) is 15.7. The van der Waals surface area contributed by atoms with Crippen LogP contribution in [-0.4, -0.2) is 54.0 Å². The molecule has 0 amide bonds. The Hall–Kier alpha value is -1.98. The van der Waals surface area contributed by atoms with Crippen LogP contribution in [0, 0.1) is 11.8 Å². The van der Waals surface area contributed by atoms with Crippen LogP contribution in [0.3, 0.4) is 0 Å². The van der Waals surface area contributed by atoms with Gasteiger partial charge in [0.1, 0.15) is 0 Å². The van der Waals surface area contributed by atoms with Gasteiger partial charge < -0.3 is 4.42 Å². The quantitative estimate of drug-likeness (QED) is 0.742. The summed E-state index contributed by atoms with van der Waals surface area (Å²) in [5.74, 6) is -1.16. The van der Waals surface area contributed by atoms with Crippen molar-refractivity contribution in [3.05, 3.63) is 47.7 Å². The van der Waals surface area contributed by atoms with Crippen LogP contribution < -0.4 is 0 Å².